The van der Waals surface area contributed by atoms with Crippen LogP contribution in [0.3, 0.4) is 0 Å². The van der Waals surface area contributed by atoms with Gasteiger partial charge in [-0.3, -0.25) is 0 Å². The van der Waals surface area contributed by atoms with Gasteiger partial charge in [0.1, 0.15) is 5.58 Å². The summed E-state index contributed by atoms with van der Waals surface area (Å²) in [6, 6.07) is -30.0. The van der Waals surface area contributed by atoms with E-state index in [0.29, 0.717) is 4.90 Å². The molecule has 10 rings (SSSR count). The molecular weight excluding hydrogens is 595 g/mol. The predicted octanol–water partition coefficient (Wildman–Crippen LogP) is 13.3. The Morgan fingerprint density at radius 1 is 0.510 bits per heavy atom. The second-order valence-electron chi connectivity index (χ2n) is 10.8. The van der Waals surface area contributed by atoms with Crippen molar-refractivity contribution in [2.75, 3.05) is 4.90 Å². The topological polar surface area (TPSA) is 16.4 Å². The fraction of sp³-hybridized carbons (Fsp3) is 0.0638. The molecule has 232 valence electrons. The highest BCUT2D eigenvalue weighted by molar-refractivity contribution is 6.17. The first-order chi connectivity index (χ1) is 37.8. The Bertz CT molecular complexity index is 4470. The maximum atomic E-state index is 10.2. The molecule has 2 heteroatoms. The van der Waals surface area contributed by atoms with Crippen LogP contribution in [0.5, 0.6) is 0 Å². The van der Waals surface area contributed by atoms with Crippen LogP contribution < -0.4 is 4.90 Å². The summed E-state index contributed by atoms with van der Waals surface area (Å²) in [5.74, 6) is 0. The molecule has 0 unspecified atom stereocenters. The molecule has 49 heavy (non-hydrogen) atoms. The number of fused-ring (bicyclic) bond motifs is 9. The summed E-state index contributed by atoms with van der Waals surface area (Å²) in [5.41, 5.74) is -15.5. The minimum absolute atomic E-state index is 0.326. The largest absolute Gasteiger partial charge is 0.454 e. The molecule has 0 radical (unpaired) electrons. The Hall–Kier alpha value is -6.12. The number of nitrogens with zero attached hydrogens (tertiary/aromatic N) is 1. The highest BCUT2D eigenvalue weighted by Gasteiger charge is 2.36. The third kappa shape index (κ3) is 4.14. The lowest BCUT2D eigenvalue weighted by Gasteiger charge is -2.29. The summed E-state index contributed by atoms with van der Waals surface area (Å²) in [6.07, 6.45) is 0. The number of anilines is 3. The van der Waals surface area contributed by atoms with Crippen LogP contribution in [0.1, 0.15) is 70.1 Å². The third-order valence-corrected chi connectivity index (χ3v) is 8.06. The average molecular weight is 661 g/mol. The zero-order valence-electron chi connectivity index (χ0n) is 57.4. The Labute approximate surface area is 331 Å². The van der Waals surface area contributed by atoms with Crippen molar-refractivity contribution in [2.24, 2.45) is 0 Å². The van der Waals surface area contributed by atoms with Gasteiger partial charge in [0.05, 0.1) is 48.4 Å². The maximum absolute atomic E-state index is 10.2. The van der Waals surface area contributed by atoms with Crippen molar-refractivity contribution in [3.63, 3.8) is 0 Å². The summed E-state index contributed by atoms with van der Waals surface area (Å²) in [5, 5.41) is -5.00. The van der Waals surface area contributed by atoms with E-state index >= 15 is 0 Å². The summed E-state index contributed by atoms with van der Waals surface area (Å²) < 4.78 is 306. The number of furan rings is 1. The van der Waals surface area contributed by atoms with E-state index in [-0.39, 0.29) is 0 Å². The standard InChI is InChI=1S/C47H33NO/c1-47(2)41-21-11-10-18-36(41)37-25-24-33(29-42(37)47)48(44-28-32-15-6-7-16-34(32)35-17-8-9-19-38(35)44)43-22-12-20-39-40-27-31(30-13-4-3-5-14-30)23-26-45(40)49-46(39)43/h3-29H,1-2H3/i1D3,2D3,3D,4D,5D,6D,7D,8D,9D,10D,11D,12D,13D,14D,15D,16D,17D,18D,19D,20D,21D,22D,23D,24D,25D,26D,27D,28D,29D. The van der Waals surface area contributed by atoms with Crippen molar-refractivity contribution in [1.29, 1.82) is 0 Å². The highest BCUT2D eigenvalue weighted by Crippen LogP contribution is 2.52. The van der Waals surface area contributed by atoms with E-state index in [4.69, 9.17) is 34.6 Å². The number of hydrogen-bond donors (Lipinski definition) is 0. The number of rotatable bonds is 4. The molecule has 0 fully saturated rings. The molecule has 0 spiro atoms. The van der Waals surface area contributed by atoms with Crippen LogP contribution in [0, 0.1) is 0 Å². The molecular formula is C47H33NO. The van der Waals surface area contributed by atoms with Gasteiger partial charge in [-0.05, 0) is 85.8 Å². The van der Waals surface area contributed by atoms with E-state index < -0.39 is 276 Å². The maximum Gasteiger partial charge on any atom is 0.159 e. The molecule has 0 N–H and O–H groups in total. The van der Waals surface area contributed by atoms with Crippen LogP contribution in [0.2, 0.25) is 0 Å². The lowest BCUT2D eigenvalue weighted by atomic mass is 9.82. The first kappa shape index (κ1) is 10.4. The van der Waals surface area contributed by atoms with Gasteiger partial charge in [0, 0.05) is 35.5 Å². The van der Waals surface area contributed by atoms with E-state index in [9.17, 15) is 15.1 Å². The van der Waals surface area contributed by atoms with Crippen LogP contribution in [0.15, 0.2) is 168 Å². The van der Waals surface area contributed by atoms with Gasteiger partial charge in [0.25, 0.3) is 0 Å². The van der Waals surface area contributed by atoms with Gasteiger partial charge in [-0.1, -0.05) is 141 Å². The SMILES string of the molecule is [2H]c1c([2H])c([2H])c(-c2c([2H])c([2H])c3oc4c(N(c5c([2H])c([2H])c6c(c5[2H])C(C([2H])([2H])[2H])(C([2H])([2H])[2H])c5c([2H])c([2H])c([2H])c([2H])c5-6)c5c([2H])c6c([2H])c([2H])c([2H])c([2H])c6c6c([2H])c([2H])c([2H])c([2H])c56)c([2H])c([2H])c([2H])c4c3c2[2H])c([2H])c1[2H]. The first-order valence-corrected chi connectivity index (χ1v) is 14.3. The molecule has 2 nitrogen and oxygen atoms in total. The Morgan fingerprint density at radius 2 is 1.24 bits per heavy atom. The molecule has 0 saturated carbocycles. The molecule has 0 amide bonds. The minimum Gasteiger partial charge on any atom is -0.454 e. The number of hydrogen-bond acceptors (Lipinski definition) is 2. The molecule has 8 aromatic carbocycles. The van der Waals surface area contributed by atoms with E-state index in [0.717, 1.165) is 0 Å². The minimum atomic E-state index is -4.04. The van der Waals surface area contributed by atoms with Gasteiger partial charge in [0.15, 0.2) is 5.58 Å². The molecule has 0 aliphatic heterocycles. The van der Waals surface area contributed by atoms with E-state index in [1.807, 2.05) is 0 Å². The predicted molar refractivity (Wildman–Crippen MR) is 206 cm³/mol. The fourth-order valence-corrected chi connectivity index (χ4v) is 5.91. The normalized spacial score (nSPS) is 23.3. The molecule has 1 heterocycles. The zero-order valence-corrected chi connectivity index (χ0v) is 24.4. The van der Waals surface area contributed by atoms with Crippen LogP contribution in [0.25, 0.3) is 65.7 Å². The van der Waals surface area contributed by atoms with Crippen LogP contribution in [-0.2, 0) is 5.41 Å². The Balaban J connectivity index is 1.55. The quantitative estimate of drug-likeness (QED) is 0.175. The van der Waals surface area contributed by atoms with E-state index in [1.54, 1.807) is 0 Å². The van der Waals surface area contributed by atoms with Gasteiger partial charge in [-0.15, -0.1) is 0 Å². The van der Waals surface area contributed by atoms with Crippen molar-refractivity contribution in [2.45, 2.75) is 19.1 Å². The van der Waals surface area contributed by atoms with Crippen LogP contribution in [0.4, 0.5) is 17.1 Å². The molecule has 0 saturated heterocycles. The van der Waals surface area contributed by atoms with Gasteiger partial charge < -0.3 is 9.32 Å². The lowest BCUT2D eigenvalue weighted by Crippen LogP contribution is -2.16. The number of para-hydroxylation sites is 1. The van der Waals surface area contributed by atoms with Crippen LogP contribution in [-0.4, -0.2) is 0 Å². The Kier molecular flexibility index (Phi) is 2.22. The van der Waals surface area contributed by atoms with Crippen molar-refractivity contribution in [3.05, 3.63) is 174 Å². The summed E-state index contributed by atoms with van der Waals surface area (Å²) in [7, 11) is 0. The molecule has 1 aliphatic rings. The second-order valence-corrected chi connectivity index (χ2v) is 10.8. The van der Waals surface area contributed by atoms with E-state index in [2.05, 4.69) is 0 Å². The summed E-state index contributed by atoms with van der Waals surface area (Å²) >= 11 is 0. The van der Waals surface area contributed by atoms with Gasteiger partial charge in [-0.2, -0.15) is 0 Å². The Morgan fingerprint density at radius 3 is 2.12 bits per heavy atom. The monoisotopic (exact) mass is 660 g/mol. The fourth-order valence-electron chi connectivity index (χ4n) is 5.91. The van der Waals surface area contributed by atoms with Gasteiger partial charge in [0.2, 0.25) is 0 Å². The summed E-state index contributed by atoms with van der Waals surface area (Å²) in [4.78, 5) is 0.326. The van der Waals surface area contributed by atoms with Crippen LogP contribution >= 0.6 is 0 Å². The first-order valence-electron chi connectivity index (χ1n) is 30.8. The lowest BCUT2D eigenvalue weighted by molar-refractivity contribution is 0.660. The average Bonchev–Trinajstić information content (AvgIpc) is 1.50. The second kappa shape index (κ2) is 10.4. The molecule has 0 atom stereocenters. The zero-order chi connectivity index (χ0) is 61.2. The molecule has 0 bridgehead atoms. The molecule has 1 aromatic heterocycles. The van der Waals surface area contributed by atoms with E-state index in [1.165, 1.54) is 0 Å². The van der Waals surface area contributed by atoms with Crippen molar-refractivity contribution < 1.29 is 49.7 Å². The van der Waals surface area contributed by atoms with Crippen molar-refractivity contribution in [3.8, 4) is 22.3 Å². The molecule has 9 aromatic rings. The van der Waals surface area contributed by atoms with Gasteiger partial charge in [-0.25, -0.2) is 0 Å². The third-order valence-electron chi connectivity index (χ3n) is 8.06. The molecule has 1 aliphatic carbocycles. The number of benzene rings is 8. The van der Waals surface area contributed by atoms with Gasteiger partial charge >= 0.3 is 0 Å². The smallest absolute Gasteiger partial charge is 0.159 e. The summed E-state index contributed by atoms with van der Waals surface area (Å²) in [6.45, 7) is -8.09. The van der Waals surface area contributed by atoms with Crippen molar-refractivity contribution in [1.82, 2.24) is 0 Å². The van der Waals surface area contributed by atoms with Crippen molar-refractivity contribution >= 4 is 60.5 Å². The highest BCUT2D eigenvalue weighted by atomic mass is 16.3.